The summed E-state index contributed by atoms with van der Waals surface area (Å²) in [6, 6.07) is 11.4. The Kier molecular flexibility index (Phi) is 9.21. The molecule has 0 radical (unpaired) electrons. The van der Waals surface area contributed by atoms with E-state index < -0.39 is 0 Å². The van der Waals surface area contributed by atoms with Gasteiger partial charge in [0.25, 0.3) is 5.91 Å². The predicted octanol–water partition coefficient (Wildman–Crippen LogP) is 4.63. The summed E-state index contributed by atoms with van der Waals surface area (Å²) in [6.07, 6.45) is 1.82. The maximum atomic E-state index is 13.4. The molecule has 0 N–H and O–H groups in total. The lowest BCUT2D eigenvalue weighted by atomic mass is 10.0. The number of piperazine rings is 2. The summed E-state index contributed by atoms with van der Waals surface area (Å²) in [7, 11) is 0. The molecule has 2 aliphatic rings. The highest BCUT2D eigenvalue weighted by Gasteiger charge is 2.33. The fourth-order valence-electron chi connectivity index (χ4n) is 5.67. The molecule has 218 valence electrons. The third-order valence-electron chi connectivity index (χ3n) is 7.91. The molecule has 2 atom stereocenters. The quantitative estimate of drug-likeness (QED) is 0.401. The number of halogens is 3. The van der Waals surface area contributed by atoms with Crippen molar-refractivity contribution in [1.29, 1.82) is 0 Å². The molecular weight excluding hydrogens is 585 g/mol. The zero-order valence-corrected chi connectivity index (χ0v) is 25.7. The Bertz CT molecular complexity index is 1370. The van der Waals surface area contributed by atoms with E-state index in [0.717, 1.165) is 38.4 Å². The maximum absolute atomic E-state index is 13.4. The Morgan fingerprint density at radius 3 is 2.07 bits per heavy atom. The van der Waals surface area contributed by atoms with E-state index in [1.807, 2.05) is 40.3 Å². The van der Waals surface area contributed by atoms with Gasteiger partial charge in [-0.25, -0.2) is 4.68 Å². The van der Waals surface area contributed by atoms with Crippen LogP contribution in [0.5, 0.6) is 0 Å². The van der Waals surface area contributed by atoms with Crippen molar-refractivity contribution < 1.29 is 9.59 Å². The molecule has 2 fully saturated rings. The van der Waals surface area contributed by atoms with Crippen molar-refractivity contribution in [2.75, 3.05) is 39.3 Å². The molecule has 2 amide bonds. The number of benzene rings is 2. The average Bonchev–Trinajstić information content (AvgIpc) is 3.38. The van der Waals surface area contributed by atoms with Gasteiger partial charge in [0.1, 0.15) is 5.69 Å². The molecule has 12 heteroatoms. The van der Waals surface area contributed by atoms with Crippen LogP contribution in [0.25, 0.3) is 5.69 Å². The lowest BCUT2D eigenvalue weighted by Gasteiger charge is -2.44. The van der Waals surface area contributed by atoms with Gasteiger partial charge in [0.05, 0.1) is 21.9 Å². The van der Waals surface area contributed by atoms with E-state index in [-0.39, 0.29) is 23.9 Å². The van der Waals surface area contributed by atoms with E-state index in [2.05, 4.69) is 34.0 Å². The van der Waals surface area contributed by atoms with Crippen molar-refractivity contribution >= 4 is 46.6 Å². The Labute approximate surface area is 255 Å². The van der Waals surface area contributed by atoms with Crippen molar-refractivity contribution in [3.8, 4) is 5.69 Å². The molecular formula is C29H34Cl3N7O2. The van der Waals surface area contributed by atoms with Gasteiger partial charge in [-0.1, -0.05) is 52.1 Å². The molecule has 9 nitrogen and oxygen atoms in total. The van der Waals surface area contributed by atoms with Gasteiger partial charge in [0.15, 0.2) is 0 Å². The highest BCUT2D eigenvalue weighted by Crippen LogP contribution is 2.32. The summed E-state index contributed by atoms with van der Waals surface area (Å²) in [5, 5.41) is 9.83. The first-order valence-corrected chi connectivity index (χ1v) is 14.9. The van der Waals surface area contributed by atoms with E-state index in [1.54, 1.807) is 23.7 Å². The van der Waals surface area contributed by atoms with Gasteiger partial charge in [-0.05, 0) is 43.7 Å². The monoisotopic (exact) mass is 617 g/mol. The van der Waals surface area contributed by atoms with Crippen molar-refractivity contribution in [3.05, 3.63) is 74.5 Å². The molecule has 0 unspecified atom stereocenters. The molecule has 5 rings (SSSR count). The van der Waals surface area contributed by atoms with Gasteiger partial charge in [-0.3, -0.25) is 19.4 Å². The molecule has 3 aromatic rings. The van der Waals surface area contributed by atoms with Crippen molar-refractivity contribution in [3.63, 3.8) is 0 Å². The number of nitrogens with zero attached hydrogens (tertiary/aromatic N) is 7. The molecule has 2 aromatic carbocycles. The maximum Gasteiger partial charge on any atom is 0.253 e. The van der Waals surface area contributed by atoms with Crippen molar-refractivity contribution in [2.45, 2.75) is 45.9 Å². The minimum Gasteiger partial charge on any atom is -0.340 e. The highest BCUT2D eigenvalue weighted by molar-refractivity contribution is 6.40. The van der Waals surface area contributed by atoms with Gasteiger partial charge in [-0.2, -0.15) is 0 Å². The van der Waals surface area contributed by atoms with E-state index >= 15 is 0 Å². The summed E-state index contributed by atoms with van der Waals surface area (Å²) in [4.78, 5) is 33.5. The van der Waals surface area contributed by atoms with Crippen LogP contribution in [0.15, 0.2) is 42.6 Å². The topological polar surface area (TPSA) is 77.8 Å². The first-order chi connectivity index (χ1) is 19.6. The smallest absolute Gasteiger partial charge is 0.253 e. The standard InChI is InChI=1S/C29H34Cl3N7O2/c1-19-14-37(29(41)23-6-4-22(5-7-23)16-35-8-10-36(11-9-35)21(3)40)15-20(2)38(19)17-25-18-39(34-33-25)28-26(31)12-24(30)13-27(28)32/h4-7,12-13,18-20H,8-11,14-17H2,1-3H3/t19-,20+. The van der Waals surface area contributed by atoms with E-state index in [0.29, 0.717) is 46.0 Å². The minimum absolute atomic E-state index is 0.0444. The molecule has 3 heterocycles. The fraction of sp³-hybridized carbons (Fsp3) is 0.448. The van der Waals surface area contributed by atoms with Crippen LogP contribution in [0, 0.1) is 0 Å². The molecule has 0 aliphatic carbocycles. The van der Waals surface area contributed by atoms with Crippen LogP contribution in [-0.4, -0.2) is 97.8 Å². The van der Waals surface area contributed by atoms with Gasteiger partial charge in [0, 0.05) is 82.0 Å². The van der Waals surface area contributed by atoms with Crippen molar-refractivity contribution in [2.24, 2.45) is 0 Å². The van der Waals surface area contributed by atoms with Crippen LogP contribution in [0.4, 0.5) is 0 Å². The zero-order valence-electron chi connectivity index (χ0n) is 23.4. The molecule has 0 bridgehead atoms. The Morgan fingerprint density at radius 2 is 1.49 bits per heavy atom. The molecule has 0 saturated carbocycles. The number of carbonyl (C=O) groups is 2. The normalized spacial score (nSPS) is 20.4. The van der Waals surface area contributed by atoms with Crippen LogP contribution in [0.3, 0.4) is 0 Å². The Balaban J connectivity index is 1.17. The number of carbonyl (C=O) groups excluding carboxylic acids is 2. The van der Waals surface area contributed by atoms with Crippen molar-refractivity contribution in [1.82, 2.24) is 34.6 Å². The van der Waals surface area contributed by atoms with Crippen LogP contribution in [-0.2, 0) is 17.9 Å². The second kappa shape index (κ2) is 12.7. The summed E-state index contributed by atoms with van der Waals surface area (Å²) in [5.74, 6) is 0.178. The lowest BCUT2D eigenvalue weighted by Crippen LogP contribution is -2.57. The molecule has 1 aromatic heterocycles. The SMILES string of the molecule is CC(=O)N1CCN(Cc2ccc(C(=O)N3C[C@@H](C)N(Cc4cn(-c5c(Cl)cc(Cl)cc5Cl)nn4)[C@@H](C)C3)cc2)CC1. The molecule has 0 spiro atoms. The third-order valence-corrected chi connectivity index (χ3v) is 8.70. The van der Waals surface area contributed by atoms with Crippen LogP contribution in [0.1, 0.15) is 42.4 Å². The first kappa shape index (κ1) is 29.8. The summed E-state index contributed by atoms with van der Waals surface area (Å²) < 4.78 is 1.57. The van der Waals surface area contributed by atoms with Gasteiger partial charge in [0.2, 0.25) is 5.91 Å². The molecule has 2 saturated heterocycles. The Hall–Kier alpha value is -2.69. The molecule has 41 heavy (non-hydrogen) atoms. The highest BCUT2D eigenvalue weighted by atomic mass is 35.5. The van der Waals surface area contributed by atoms with Gasteiger partial charge < -0.3 is 9.80 Å². The number of rotatable bonds is 6. The predicted molar refractivity (Wildman–Crippen MR) is 161 cm³/mol. The number of hydrogen-bond acceptors (Lipinski definition) is 6. The lowest BCUT2D eigenvalue weighted by molar-refractivity contribution is -0.130. The Morgan fingerprint density at radius 1 is 0.878 bits per heavy atom. The van der Waals surface area contributed by atoms with E-state index in [9.17, 15) is 9.59 Å². The number of aromatic nitrogens is 3. The average molecular weight is 619 g/mol. The number of amides is 2. The fourth-order valence-corrected chi connectivity index (χ4v) is 6.66. The van der Waals surface area contributed by atoms with Gasteiger partial charge >= 0.3 is 0 Å². The third kappa shape index (κ3) is 6.87. The largest absolute Gasteiger partial charge is 0.340 e. The second-order valence-corrected chi connectivity index (χ2v) is 12.2. The zero-order chi connectivity index (χ0) is 29.3. The summed E-state index contributed by atoms with van der Waals surface area (Å²) in [5.41, 5.74) is 3.18. The minimum atomic E-state index is 0.0444. The number of hydrogen-bond donors (Lipinski definition) is 0. The van der Waals surface area contributed by atoms with E-state index in [4.69, 9.17) is 34.8 Å². The van der Waals surface area contributed by atoms with Crippen LogP contribution >= 0.6 is 34.8 Å². The van der Waals surface area contributed by atoms with E-state index in [1.165, 1.54) is 5.56 Å². The second-order valence-electron chi connectivity index (χ2n) is 10.9. The van der Waals surface area contributed by atoms with Gasteiger partial charge in [-0.15, -0.1) is 5.10 Å². The molecule has 2 aliphatic heterocycles. The summed E-state index contributed by atoms with van der Waals surface area (Å²) in [6.45, 7) is 11.8. The van der Waals surface area contributed by atoms with Crippen LogP contribution < -0.4 is 0 Å². The first-order valence-electron chi connectivity index (χ1n) is 13.8. The summed E-state index contributed by atoms with van der Waals surface area (Å²) >= 11 is 18.8. The van der Waals surface area contributed by atoms with Crippen LogP contribution in [0.2, 0.25) is 15.1 Å².